The van der Waals surface area contributed by atoms with Gasteiger partial charge in [-0.3, -0.25) is 19.5 Å². The smallest absolute Gasteiger partial charge is 0.252 e. The summed E-state index contributed by atoms with van der Waals surface area (Å²) in [6.45, 7) is 7.00. The van der Waals surface area contributed by atoms with Gasteiger partial charge >= 0.3 is 0 Å². The molecule has 1 N–H and O–H groups in total. The average Bonchev–Trinajstić information content (AvgIpc) is 2.90. The molecule has 0 bridgehead atoms. The number of hydrogen-bond acceptors (Lipinski definition) is 6. The summed E-state index contributed by atoms with van der Waals surface area (Å²) in [5.41, 5.74) is 2.95. The van der Waals surface area contributed by atoms with Crippen LogP contribution < -0.4 is 15.4 Å². The van der Waals surface area contributed by atoms with Crippen molar-refractivity contribution in [3.05, 3.63) is 88.3 Å². The highest BCUT2D eigenvalue weighted by molar-refractivity contribution is 5.79. The van der Waals surface area contributed by atoms with Crippen molar-refractivity contribution in [2.45, 2.75) is 13.0 Å². The number of carbonyl (C=O) groups excluding carboxylic acids is 1. The van der Waals surface area contributed by atoms with Crippen molar-refractivity contribution in [3.8, 4) is 0 Å². The van der Waals surface area contributed by atoms with Gasteiger partial charge in [0.1, 0.15) is 0 Å². The van der Waals surface area contributed by atoms with Gasteiger partial charge in [0.05, 0.1) is 12.1 Å². The van der Waals surface area contributed by atoms with Crippen LogP contribution >= 0.6 is 0 Å². The van der Waals surface area contributed by atoms with Gasteiger partial charge in [0.25, 0.3) is 5.56 Å². The number of hydrogen-bond donors (Lipinski definition) is 1. The molecule has 35 heavy (non-hydrogen) atoms. The van der Waals surface area contributed by atoms with Crippen LogP contribution in [-0.2, 0) is 17.8 Å². The van der Waals surface area contributed by atoms with Crippen molar-refractivity contribution < 1.29 is 4.79 Å². The minimum Gasteiger partial charge on any atom is -0.369 e. The van der Waals surface area contributed by atoms with Crippen LogP contribution in [0.25, 0.3) is 0 Å². The number of nitrogens with zero attached hydrogens (tertiary/aromatic N) is 5. The summed E-state index contributed by atoms with van der Waals surface area (Å²) in [6, 6.07) is 21.9. The van der Waals surface area contributed by atoms with Gasteiger partial charge in [0.15, 0.2) is 0 Å². The van der Waals surface area contributed by atoms with Crippen molar-refractivity contribution in [1.82, 2.24) is 19.8 Å². The Morgan fingerprint density at radius 2 is 1.43 bits per heavy atom. The zero-order chi connectivity index (χ0) is 24.0. The summed E-state index contributed by atoms with van der Waals surface area (Å²) < 4.78 is 0. The zero-order valence-electron chi connectivity index (χ0n) is 20.0. The van der Waals surface area contributed by atoms with Crippen LogP contribution in [0.2, 0.25) is 0 Å². The minimum absolute atomic E-state index is 0.129. The van der Waals surface area contributed by atoms with Crippen LogP contribution in [0.1, 0.15) is 11.3 Å². The first-order chi connectivity index (χ1) is 17.1. The molecule has 1 aromatic heterocycles. The van der Waals surface area contributed by atoms with Gasteiger partial charge in [-0.15, -0.1) is 0 Å². The number of nitrogens with one attached hydrogen (secondary N) is 1. The topological polar surface area (TPSA) is 75.8 Å². The van der Waals surface area contributed by atoms with Crippen molar-refractivity contribution in [2.75, 3.05) is 62.2 Å². The molecule has 2 aromatic carbocycles. The Hall–Kier alpha value is -3.65. The van der Waals surface area contributed by atoms with Crippen LogP contribution in [-0.4, -0.2) is 78.0 Å². The van der Waals surface area contributed by atoms with Crippen molar-refractivity contribution >= 4 is 17.5 Å². The predicted molar refractivity (Wildman–Crippen MR) is 138 cm³/mol. The summed E-state index contributed by atoms with van der Waals surface area (Å²) >= 11 is 0. The summed E-state index contributed by atoms with van der Waals surface area (Å²) in [4.78, 5) is 41.5. The van der Waals surface area contributed by atoms with E-state index in [-0.39, 0.29) is 11.5 Å². The van der Waals surface area contributed by atoms with Gasteiger partial charge in [0, 0.05) is 70.7 Å². The van der Waals surface area contributed by atoms with E-state index in [0.717, 1.165) is 37.4 Å². The Kier molecular flexibility index (Phi) is 7.09. The van der Waals surface area contributed by atoms with Crippen molar-refractivity contribution in [1.29, 1.82) is 0 Å². The molecule has 0 saturated carbocycles. The Morgan fingerprint density at radius 3 is 2.11 bits per heavy atom. The number of H-pyrrole nitrogens is 1. The summed E-state index contributed by atoms with van der Waals surface area (Å²) in [5.74, 6) is 0.742. The summed E-state index contributed by atoms with van der Waals surface area (Å²) in [6.07, 6.45) is 0.420. The maximum absolute atomic E-state index is 12.7. The lowest BCUT2D eigenvalue weighted by Gasteiger charge is -2.36. The van der Waals surface area contributed by atoms with Crippen LogP contribution in [0.5, 0.6) is 0 Å². The van der Waals surface area contributed by atoms with Crippen LogP contribution in [0.15, 0.2) is 71.5 Å². The number of rotatable bonds is 6. The third-order valence-corrected chi connectivity index (χ3v) is 6.79. The molecule has 0 atom stereocenters. The minimum atomic E-state index is -0.129. The maximum atomic E-state index is 12.7. The second-order valence-corrected chi connectivity index (χ2v) is 9.19. The monoisotopic (exact) mass is 472 g/mol. The number of para-hydroxylation sites is 1. The van der Waals surface area contributed by atoms with Gasteiger partial charge < -0.3 is 14.7 Å². The molecule has 0 unspecified atom stereocenters. The molecule has 3 aromatic rings. The summed E-state index contributed by atoms with van der Waals surface area (Å²) in [7, 11) is 0. The highest BCUT2D eigenvalue weighted by Gasteiger charge is 2.23. The molecule has 1 amide bonds. The van der Waals surface area contributed by atoms with E-state index in [2.05, 4.69) is 43.9 Å². The highest BCUT2D eigenvalue weighted by Crippen LogP contribution is 2.17. The first-order valence-corrected chi connectivity index (χ1v) is 12.3. The quantitative estimate of drug-likeness (QED) is 0.591. The van der Waals surface area contributed by atoms with Gasteiger partial charge in [-0.1, -0.05) is 48.5 Å². The number of aromatic nitrogens is 2. The Labute approximate surface area is 205 Å². The molecular formula is C27H32N6O2. The molecule has 8 nitrogen and oxygen atoms in total. The standard InChI is InChI=1S/C27H32N6O2/c34-25-20-23(21-30-11-13-31(14-12-30)24-9-5-2-6-10-24)28-27(29-25)33-17-15-32(16-18-33)26(35)19-22-7-3-1-4-8-22/h1-10,20H,11-19,21H2,(H,28,29,34). The van der Waals surface area contributed by atoms with E-state index in [9.17, 15) is 9.59 Å². The lowest BCUT2D eigenvalue weighted by Crippen LogP contribution is -2.50. The van der Waals surface area contributed by atoms with E-state index in [4.69, 9.17) is 4.98 Å². The molecule has 5 rings (SSSR count). The average molecular weight is 473 g/mol. The molecule has 0 spiro atoms. The van der Waals surface area contributed by atoms with E-state index < -0.39 is 0 Å². The number of aromatic amines is 1. The molecule has 2 saturated heterocycles. The lowest BCUT2D eigenvalue weighted by molar-refractivity contribution is -0.130. The number of piperazine rings is 2. The van der Waals surface area contributed by atoms with Crippen LogP contribution in [0.4, 0.5) is 11.6 Å². The second kappa shape index (κ2) is 10.7. The fourth-order valence-electron chi connectivity index (χ4n) is 4.81. The first kappa shape index (κ1) is 23.1. The van der Waals surface area contributed by atoms with Crippen LogP contribution in [0, 0.1) is 0 Å². The van der Waals surface area contributed by atoms with E-state index in [1.807, 2.05) is 41.3 Å². The van der Waals surface area contributed by atoms with E-state index in [1.165, 1.54) is 5.69 Å². The molecule has 182 valence electrons. The number of anilines is 2. The number of benzene rings is 2. The van der Waals surface area contributed by atoms with E-state index >= 15 is 0 Å². The highest BCUT2D eigenvalue weighted by atomic mass is 16.2. The molecule has 0 aliphatic carbocycles. The van der Waals surface area contributed by atoms with Crippen molar-refractivity contribution in [2.24, 2.45) is 0 Å². The van der Waals surface area contributed by atoms with E-state index in [1.54, 1.807) is 6.07 Å². The summed E-state index contributed by atoms with van der Waals surface area (Å²) in [5, 5.41) is 0. The van der Waals surface area contributed by atoms with Gasteiger partial charge in [-0.2, -0.15) is 0 Å². The fourth-order valence-corrected chi connectivity index (χ4v) is 4.81. The third-order valence-electron chi connectivity index (χ3n) is 6.79. The molecular weight excluding hydrogens is 440 g/mol. The first-order valence-electron chi connectivity index (χ1n) is 12.3. The van der Waals surface area contributed by atoms with Crippen molar-refractivity contribution in [3.63, 3.8) is 0 Å². The van der Waals surface area contributed by atoms with Gasteiger partial charge in [0.2, 0.25) is 11.9 Å². The molecule has 8 heteroatoms. The molecule has 2 aliphatic heterocycles. The maximum Gasteiger partial charge on any atom is 0.252 e. The normalized spacial score (nSPS) is 17.0. The molecule has 2 aliphatic rings. The lowest BCUT2D eigenvalue weighted by atomic mass is 10.1. The van der Waals surface area contributed by atoms with Gasteiger partial charge in [-0.25, -0.2) is 4.98 Å². The number of carbonyl (C=O) groups is 1. The third kappa shape index (κ3) is 5.89. The predicted octanol–water partition coefficient (Wildman–Crippen LogP) is 1.98. The Bertz CT molecular complexity index is 1170. The van der Waals surface area contributed by atoms with Gasteiger partial charge in [-0.05, 0) is 17.7 Å². The van der Waals surface area contributed by atoms with E-state index in [0.29, 0.717) is 45.1 Å². The number of amides is 1. The van der Waals surface area contributed by atoms with Crippen LogP contribution in [0.3, 0.4) is 0 Å². The zero-order valence-corrected chi connectivity index (χ0v) is 20.0. The molecule has 3 heterocycles. The Morgan fingerprint density at radius 1 is 0.800 bits per heavy atom. The molecule has 0 radical (unpaired) electrons. The molecule has 2 fully saturated rings. The SMILES string of the molecule is O=C(Cc1ccccc1)N1CCN(c2nc(CN3CCN(c4ccccc4)CC3)cc(=O)[nH]2)CC1. The largest absolute Gasteiger partial charge is 0.369 e. The Balaban J connectivity index is 1.15. The fraction of sp³-hybridized carbons (Fsp3) is 0.370. The second-order valence-electron chi connectivity index (χ2n) is 9.19.